The number of aromatic nitrogens is 1. The van der Waals surface area contributed by atoms with Crippen LogP contribution >= 0.6 is 12.2 Å². The number of thiocarbonyl (C=S) groups is 1. The number of amides is 1. The van der Waals surface area contributed by atoms with E-state index in [1.165, 1.54) is 32.4 Å². The maximum absolute atomic E-state index is 12.2. The zero-order chi connectivity index (χ0) is 20.9. The molecule has 164 valence electrons. The van der Waals surface area contributed by atoms with Crippen molar-refractivity contribution in [2.75, 3.05) is 45.8 Å². The average Bonchev–Trinajstić information content (AvgIpc) is 2.76. The molecule has 2 saturated heterocycles. The van der Waals surface area contributed by atoms with Crippen LogP contribution in [-0.2, 0) is 11.3 Å². The number of hydrogen-bond donors (Lipinski definition) is 3. The highest BCUT2D eigenvalue weighted by atomic mass is 32.1. The molecule has 30 heavy (non-hydrogen) atoms. The Bertz CT molecular complexity index is 820. The van der Waals surface area contributed by atoms with Gasteiger partial charge in [0.1, 0.15) is 0 Å². The zero-order valence-electron chi connectivity index (χ0n) is 17.7. The van der Waals surface area contributed by atoms with Crippen LogP contribution in [0.4, 0.5) is 0 Å². The highest BCUT2D eigenvalue weighted by Crippen LogP contribution is 2.34. The van der Waals surface area contributed by atoms with E-state index in [0.29, 0.717) is 16.9 Å². The fourth-order valence-electron chi connectivity index (χ4n) is 5.26. The van der Waals surface area contributed by atoms with Crippen molar-refractivity contribution >= 4 is 23.2 Å². The summed E-state index contributed by atoms with van der Waals surface area (Å²) in [4.78, 5) is 28.2. The lowest BCUT2D eigenvalue weighted by molar-refractivity contribution is -0.904. The number of carbonyl (C=O) groups excluding carboxylic acids is 1. The summed E-state index contributed by atoms with van der Waals surface area (Å²) in [5.41, 5.74) is 1.20. The van der Waals surface area contributed by atoms with E-state index in [1.54, 1.807) is 11.0 Å². The Morgan fingerprint density at radius 1 is 1.13 bits per heavy atom. The molecule has 2 bridgehead atoms. The molecule has 0 radical (unpaired) electrons. The Labute approximate surface area is 183 Å². The van der Waals surface area contributed by atoms with Crippen LogP contribution < -0.4 is 21.1 Å². The molecule has 3 aliphatic heterocycles. The fourth-order valence-corrected chi connectivity index (χ4v) is 5.48. The Morgan fingerprint density at radius 3 is 2.80 bits per heavy atom. The van der Waals surface area contributed by atoms with E-state index in [4.69, 9.17) is 12.2 Å². The molecule has 2 unspecified atom stereocenters. The number of rotatable bonds is 6. The van der Waals surface area contributed by atoms with E-state index >= 15 is 0 Å². The second-order valence-electron chi connectivity index (χ2n) is 9.03. The van der Waals surface area contributed by atoms with Crippen LogP contribution in [0.15, 0.2) is 23.0 Å². The minimum atomic E-state index is 0.0000886. The maximum Gasteiger partial charge on any atom is 0.250 e. The van der Waals surface area contributed by atoms with Gasteiger partial charge < -0.3 is 25.0 Å². The summed E-state index contributed by atoms with van der Waals surface area (Å²) in [6, 6.07) is 5.55. The van der Waals surface area contributed by atoms with E-state index in [1.807, 2.05) is 10.6 Å². The Balaban J connectivity index is 1.18. The standard InChI is InChI=1S/C22H33N5O2S/c28-20(23-8-5-11-25-9-2-1-3-10-25)13-24-22(30)26-14-17-12-18(16-26)19-6-4-7-21(29)27(19)15-17/h4,6-7,17-18H,1-3,5,8-16H2,(H,23,28)(H,24,30)/p+1. The summed E-state index contributed by atoms with van der Waals surface area (Å²) in [5, 5.41) is 6.79. The highest BCUT2D eigenvalue weighted by molar-refractivity contribution is 7.80. The molecule has 3 N–H and O–H groups in total. The quantitative estimate of drug-likeness (QED) is 0.426. The number of nitrogens with zero attached hydrogens (tertiary/aromatic N) is 2. The zero-order valence-corrected chi connectivity index (χ0v) is 18.5. The van der Waals surface area contributed by atoms with E-state index in [2.05, 4.69) is 21.6 Å². The van der Waals surface area contributed by atoms with E-state index in [0.717, 1.165) is 51.3 Å². The summed E-state index contributed by atoms with van der Waals surface area (Å²) in [7, 11) is 0. The first-order chi connectivity index (χ1) is 14.6. The van der Waals surface area contributed by atoms with Gasteiger partial charge >= 0.3 is 0 Å². The normalized spacial score (nSPS) is 23.5. The van der Waals surface area contributed by atoms with Gasteiger partial charge in [0.25, 0.3) is 5.56 Å². The number of quaternary nitrogens is 1. The van der Waals surface area contributed by atoms with Crippen LogP contribution in [-0.4, -0.2) is 66.3 Å². The Morgan fingerprint density at radius 2 is 1.97 bits per heavy atom. The van der Waals surface area contributed by atoms with Crippen LogP contribution in [0.5, 0.6) is 0 Å². The average molecular weight is 433 g/mol. The first-order valence-electron chi connectivity index (χ1n) is 11.4. The monoisotopic (exact) mass is 432 g/mol. The predicted molar refractivity (Wildman–Crippen MR) is 121 cm³/mol. The molecule has 0 spiro atoms. The molecule has 4 heterocycles. The SMILES string of the molecule is O=C(CNC(=S)N1CC2CC(C1)c1cccc(=O)n1C2)NCCC[NH+]1CCCCC1. The van der Waals surface area contributed by atoms with Crippen molar-refractivity contribution in [3.63, 3.8) is 0 Å². The second kappa shape index (κ2) is 9.92. The van der Waals surface area contributed by atoms with Gasteiger partial charge in [-0.1, -0.05) is 6.07 Å². The molecule has 0 aliphatic carbocycles. The highest BCUT2D eigenvalue weighted by Gasteiger charge is 2.35. The van der Waals surface area contributed by atoms with Crippen molar-refractivity contribution in [2.45, 2.75) is 44.6 Å². The van der Waals surface area contributed by atoms with Crippen molar-refractivity contribution in [3.05, 3.63) is 34.2 Å². The lowest BCUT2D eigenvalue weighted by atomic mass is 9.83. The molecule has 7 nitrogen and oxygen atoms in total. The first kappa shape index (κ1) is 21.3. The second-order valence-corrected chi connectivity index (χ2v) is 9.41. The van der Waals surface area contributed by atoms with Gasteiger partial charge in [0.15, 0.2) is 5.11 Å². The molecule has 0 saturated carbocycles. The third-order valence-corrected chi connectivity index (χ3v) is 7.16. The molecule has 8 heteroatoms. The largest absolute Gasteiger partial charge is 0.354 e. The van der Waals surface area contributed by atoms with E-state index in [9.17, 15) is 9.59 Å². The fraction of sp³-hybridized carbons (Fsp3) is 0.682. The molecule has 1 aromatic heterocycles. The molecule has 4 rings (SSSR count). The molecule has 2 fully saturated rings. The number of nitrogens with one attached hydrogen (secondary N) is 3. The minimum Gasteiger partial charge on any atom is -0.354 e. The third-order valence-electron chi connectivity index (χ3n) is 6.76. The van der Waals surface area contributed by atoms with E-state index < -0.39 is 0 Å². The van der Waals surface area contributed by atoms with Gasteiger partial charge in [-0.25, -0.2) is 0 Å². The number of piperidine rings is 2. The Hall–Kier alpha value is -1.93. The third kappa shape index (κ3) is 5.21. The molecular weight excluding hydrogens is 398 g/mol. The van der Waals surface area contributed by atoms with Crippen LogP contribution in [0.3, 0.4) is 0 Å². The minimum absolute atomic E-state index is 0.0000886. The van der Waals surface area contributed by atoms with Gasteiger partial charge in [-0.15, -0.1) is 0 Å². The van der Waals surface area contributed by atoms with Crippen LogP contribution in [0.2, 0.25) is 0 Å². The summed E-state index contributed by atoms with van der Waals surface area (Å²) in [6.07, 6.45) is 6.17. The van der Waals surface area contributed by atoms with Crippen molar-refractivity contribution in [2.24, 2.45) is 5.92 Å². The van der Waals surface area contributed by atoms with Crippen LogP contribution in [0.1, 0.15) is 43.7 Å². The number of likely N-dealkylation sites (tertiary alicyclic amines) is 2. The first-order valence-corrected chi connectivity index (χ1v) is 11.8. The summed E-state index contributed by atoms with van der Waals surface area (Å²) in [6.45, 7) is 7.04. The molecule has 1 amide bonds. The predicted octanol–water partition coefficient (Wildman–Crippen LogP) is -0.283. The van der Waals surface area contributed by atoms with E-state index in [-0.39, 0.29) is 18.0 Å². The number of hydrogen-bond acceptors (Lipinski definition) is 3. The van der Waals surface area contributed by atoms with Crippen molar-refractivity contribution in [1.82, 2.24) is 20.1 Å². The number of pyridine rings is 1. The Kier molecular flexibility index (Phi) is 7.04. The van der Waals surface area contributed by atoms with Gasteiger partial charge in [-0.2, -0.15) is 0 Å². The van der Waals surface area contributed by atoms with Gasteiger partial charge in [0.2, 0.25) is 5.91 Å². The lowest BCUT2D eigenvalue weighted by Gasteiger charge is -2.43. The van der Waals surface area contributed by atoms with Crippen molar-refractivity contribution < 1.29 is 9.69 Å². The smallest absolute Gasteiger partial charge is 0.250 e. The van der Waals surface area contributed by atoms with Gasteiger partial charge in [-0.05, 0) is 49.9 Å². The molecule has 1 aromatic rings. The number of fused-ring (bicyclic) bond motifs is 4. The topological polar surface area (TPSA) is 70.8 Å². The van der Waals surface area contributed by atoms with Gasteiger partial charge in [0.05, 0.1) is 26.2 Å². The molecule has 3 aliphatic rings. The van der Waals surface area contributed by atoms with Crippen LogP contribution in [0, 0.1) is 5.92 Å². The van der Waals surface area contributed by atoms with Crippen molar-refractivity contribution in [1.29, 1.82) is 0 Å². The van der Waals surface area contributed by atoms with Gasteiger partial charge in [-0.3, -0.25) is 9.59 Å². The summed E-state index contributed by atoms with van der Waals surface area (Å²) >= 11 is 5.58. The molecule has 0 aromatic carbocycles. The van der Waals surface area contributed by atoms with Crippen LogP contribution in [0.25, 0.3) is 0 Å². The van der Waals surface area contributed by atoms with Crippen molar-refractivity contribution in [3.8, 4) is 0 Å². The summed E-state index contributed by atoms with van der Waals surface area (Å²) in [5.74, 6) is 0.736. The number of carbonyl (C=O) groups is 1. The summed E-state index contributed by atoms with van der Waals surface area (Å²) < 4.78 is 1.92. The molecular formula is C22H34N5O2S+. The molecule has 2 atom stereocenters. The van der Waals surface area contributed by atoms with Gasteiger partial charge in [0, 0.05) is 50.3 Å². The maximum atomic E-state index is 12.2. The lowest BCUT2D eigenvalue weighted by Crippen LogP contribution is -3.12.